The molecular formula is C17H36N2O8P2. The molecule has 2 unspecified atom stereocenters. The Kier molecular flexibility index (Phi) is 11.6. The van der Waals surface area contributed by atoms with Gasteiger partial charge in [-0.3, -0.25) is 18.6 Å². The first-order chi connectivity index (χ1) is 12.9. The minimum absolute atomic E-state index is 0.0182. The molecule has 0 aliphatic heterocycles. The molecule has 0 aliphatic carbocycles. The number of hydrogen-bond donors (Lipinski definition) is 4. The van der Waals surface area contributed by atoms with Gasteiger partial charge < -0.3 is 9.79 Å². The van der Waals surface area contributed by atoms with E-state index in [1.54, 1.807) is 27.7 Å². The van der Waals surface area contributed by atoms with E-state index >= 15 is 0 Å². The Balaban J connectivity index is 3.98. The topological polar surface area (TPSA) is 179 Å². The van der Waals surface area contributed by atoms with Gasteiger partial charge >= 0.3 is 15.5 Å². The summed E-state index contributed by atoms with van der Waals surface area (Å²) in [6, 6.07) is 0. The molecule has 0 aromatic rings. The molecule has 0 fully saturated rings. The maximum absolute atomic E-state index is 11.9. The van der Waals surface area contributed by atoms with Crippen molar-refractivity contribution in [1.29, 1.82) is 0 Å². The number of Topliss-reactive ketones (excluding diaryl/α,β-unsaturated/α-hetero) is 2. The summed E-state index contributed by atoms with van der Waals surface area (Å²) in [6.07, 6.45) is 3.42. The number of carbonyl (C=O) groups excluding carboxylic acids is 2. The molecule has 0 saturated heterocycles. The van der Waals surface area contributed by atoms with E-state index < -0.39 is 26.7 Å². The third-order valence-corrected chi connectivity index (χ3v) is 5.65. The lowest BCUT2D eigenvalue weighted by Crippen LogP contribution is -2.24. The number of hydrogen-bond acceptors (Lipinski definition) is 6. The molecule has 0 amide bonds. The van der Waals surface area contributed by atoms with Crippen LogP contribution in [0.5, 0.6) is 0 Å². The number of nitrogens with two attached hydrogens (primary N) is 2. The van der Waals surface area contributed by atoms with E-state index in [4.69, 9.17) is 29.8 Å². The van der Waals surface area contributed by atoms with Gasteiger partial charge in [0.2, 0.25) is 0 Å². The molecule has 0 aromatic heterocycles. The van der Waals surface area contributed by atoms with E-state index in [0.29, 0.717) is 44.9 Å². The van der Waals surface area contributed by atoms with Crippen LogP contribution in [0, 0.1) is 0 Å². The van der Waals surface area contributed by atoms with E-state index in [9.17, 15) is 18.7 Å². The maximum atomic E-state index is 11.9. The monoisotopic (exact) mass is 458 g/mol. The molecule has 0 aromatic carbocycles. The van der Waals surface area contributed by atoms with Gasteiger partial charge in [-0.15, -0.1) is 0 Å². The third kappa shape index (κ3) is 18.1. The third-order valence-electron chi connectivity index (χ3n) is 4.14. The van der Waals surface area contributed by atoms with Gasteiger partial charge in [-0.05, 0) is 59.8 Å². The van der Waals surface area contributed by atoms with Crippen LogP contribution in [0.15, 0.2) is 0 Å². The van der Waals surface area contributed by atoms with Gasteiger partial charge in [0.1, 0.15) is 11.6 Å². The highest BCUT2D eigenvalue weighted by atomic mass is 31.2. The van der Waals surface area contributed by atoms with E-state index in [1.807, 2.05) is 0 Å². The van der Waals surface area contributed by atoms with Crippen molar-refractivity contribution >= 4 is 27.1 Å². The first-order valence-corrected chi connectivity index (χ1v) is 12.9. The van der Waals surface area contributed by atoms with Crippen LogP contribution in [0.1, 0.15) is 85.5 Å². The Hall–Kier alpha value is -0.440. The zero-order chi connectivity index (χ0) is 22.9. The highest BCUT2D eigenvalue weighted by molar-refractivity contribution is 7.50. The first kappa shape index (κ1) is 28.6. The van der Waals surface area contributed by atoms with Gasteiger partial charge in [-0.2, -0.15) is 0 Å². The molecular weight excluding hydrogens is 422 g/mol. The maximum Gasteiger partial charge on any atom is 0.400 e. The van der Waals surface area contributed by atoms with Crippen molar-refractivity contribution in [3.8, 4) is 0 Å². The van der Waals surface area contributed by atoms with Crippen LogP contribution in [0.4, 0.5) is 0 Å². The van der Waals surface area contributed by atoms with Crippen molar-refractivity contribution in [2.45, 2.75) is 96.7 Å². The van der Waals surface area contributed by atoms with Gasteiger partial charge in [0.25, 0.3) is 0 Å². The molecule has 0 radical (unpaired) electrons. The van der Waals surface area contributed by atoms with Crippen LogP contribution in [-0.2, 0) is 27.8 Å². The van der Waals surface area contributed by atoms with Crippen molar-refractivity contribution in [2.75, 3.05) is 0 Å². The molecule has 0 spiro atoms. The van der Waals surface area contributed by atoms with Gasteiger partial charge in [0, 0.05) is 25.7 Å². The minimum atomic E-state index is -4.07. The molecule has 0 bridgehead atoms. The average molecular weight is 458 g/mol. The van der Waals surface area contributed by atoms with Crippen molar-refractivity contribution < 1.29 is 37.6 Å². The smallest absolute Gasteiger partial charge is 0.313 e. The van der Waals surface area contributed by atoms with E-state index in [1.165, 1.54) is 0 Å². The second-order valence-electron chi connectivity index (χ2n) is 8.47. The van der Waals surface area contributed by atoms with Gasteiger partial charge in [-0.25, -0.2) is 20.1 Å². The summed E-state index contributed by atoms with van der Waals surface area (Å²) >= 11 is 0. The van der Waals surface area contributed by atoms with E-state index in [2.05, 4.69) is 0 Å². The van der Waals surface area contributed by atoms with Crippen molar-refractivity contribution in [1.82, 2.24) is 0 Å². The van der Waals surface area contributed by atoms with Crippen molar-refractivity contribution in [3.63, 3.8) is 0 Å². The Morgan fingerprint density at radius 1 is 0.724 bits per heavy atom. The van der Waals surface area contributed by atoms with E-state index in [-0.39, 0.29) is 24.4 Å². The molecule has 0 heterocycles. The quantitative estimate of drug-likeness (QED) is 0.251. The number of carbonyl (C=O) groups is 2. The Labute approximate surface area is 172 Å². The van der Waals surface area contributed by atoms with Crippen LogP contribution >= 0.6 is 15.5 Å². The van der Waals surface area contributed by atoms with Gasteiger partial charge in [0.15, 0.2) is 0 Å². The zero-order valence-electron chi connectivity index (χ0n) is 17.8. The fourth-order valence-electron chi connectivity index (χ4n) is 2.95. The van der Waals surface area contributed by atoms with E-state index in [0.717, 1.165) is 0 Å². The molecule has 10 nitrogen and oxygen atoms in total. The Bertz CT molecular complexity index is 585. The summed E-state index contributed by atoms with van der Waals surface area (Å²) in [4.78, 5) is 42.0. The molecule has 172 valence electrons. The molecule has 12 heteroatoms. The van der Waals surface area contributed by atoms with Crippen LogP contribution in [0.25, 0.3) is 0 Å². The lowest BCUT2D eigenvalue weighted by Gasteiger charge is -2.25. The predicted molar refractivity (Wildman–Crippen MR) is 110 cm³/mol. The Morgan fingerprint density at radius 2 is 1.00 bits per heavy atom. The van der Waals surface area contributed by atoms with Gasteiger partial charge in [-0.1, -0.05) is 0 Å². The second-order valence-corrected chi connectivity index (χ2v) is 11.1. The SMILES string of the molecule is CC(C)(CCCC(=O)CCCC(=O)CCCC(C)(C)OP(N)(=O)O)OP(N)(=O)O. The summed E-state index contributed by atoms with van der Waals surface area (Å²) in [5.74, 6) is 0.0365. The standard InChI is InChI=1S/C17H36N2O8P2/c1-16(2,26-28(18,22)23)12-6-10-14(20)8-5-9-15(21)11-7-13-17(3,4)27-29(19,24)25/h5-13H2,1-4H3,(H3,18,22,23)(H3,19,24,25). The summed E-state index contributed by atoms with van der Waals surface area (Å²) in [6.45, 7) is 6.52. The molecule has 0 rings (SSSR count). The molecule has 6 N–H and O–H groups in total. The fraction of sp³-hybridized carbons (Fsp3) is 0.882. The fourth-order valence-corrected chi connectivity index (χ4v) is 4.55. The molecule has 2 atom stereocenters. The normalized spacial score (nSPS) is 16.8. The molecule has 0 saturated carbocycles. The lowest BCUT2D eigenvalue weighted by atomic mass is 9.97. The average Bonchev–Trinajstić information content (AvgIpc) is 2.41. The highest BCUT2D eigenvalue weighted by Crippen LogP contribution is 2.40. The van der Waals surface area contributed by atoms with Crippen molar-refractivity contribution in [2.24, 2.45) is 11.0 Å². The molecule has 29 heavy (non-hydrogen) atoms. The van der Waals surface area contributed by atoms with Crippen LogP contribution in [0.3, 0.4) is 0 Å². The predicted octanol–water partition coefficient (Wildman–Crippen LogP) is 3.34. The minimum Gasteiger partial charge on any atom is -0.313 e. The second kappa shape index (κ2) is 11.8. The van der Waals surface area contributed by atoms with Crippen LogP contribution < -0.4 is 11.0 Å². The van der Waals surface area contributed by atoms with Crippen LogP contribution in [-0.4, -0.2) is 32.6 Å². The number of rotatable bonds is 16. The van der Waals surface area contributed by atoms with Crippen molar-refractivity contribution in [3.05, 3.63) is 0 Å². The first-order valence-electron chi connectivity index (χ1n) is 9.58. The summed E-state index contributed by atoms with van der Waals surface area (Å²) < 4.78 is 32.0. The number of ketones is 2. The summed E-state index contributed by atoms with van der Waals surface area (Å²) in [5, 5.41) is 0. The summed E-state index contributed by atoms with van der Waals surface area (Å²) in [7, 11) is -8.15. The highest BCUT2D eigenvalue weighted by Gasteiger charge is 2.28. The van der Waals surface area contributed by atoms with Crippen LogP contribution in [0.2, 0.25) is 0 Å². The summed E-state index contributed by atoms with van der Waals surface area (Å²) in [5.41, 5.74) is 8.17. The zero-order valence-corrected chi connectivity index (χ0v) is 19.5. The lowest BCUT2D eigenvalue weighted by molar-refractivity contribution is -0.120. The largest absolute Gasteiger partial charge is 0.400 e. The Morgan fingerprint density at radius 3 is 1.28 bits per heavy atom. The molecule has 0 aliphatic rings. The van der Waals surface area contributed by atoms with Gasteiger partial charge in [0.05, 0.1) is 11.2 Å².